The Kier molecular flexibility index (Phi) is 5.08. The second-order valence-electron chi connectivity index (χ2n) is 7.65. The fraction of sp³-hybridized carbons (Fsp3) is 0.381. The van der Waals surface area contributed by atoms with Gasteiger partial charge >= 0.3 is 12.0 Å². The summed E-state index contributed by atoms with van der Waals surface area (Å²) in [6, 6.07) is 8.93. The van der Waals surface area contributed by atoms with E-state index in [4.69, 9.17) is 4.74 Å². The average Bonchev–Trinajstić information content (AvgIpc) is 3.26. The van der Waals surface area contributed by atoms with Crippen molar-refractivity contribution in [3.63, 3.8) is 0 Å². The fourth-order valence-corrected chi connectivity index (χ4v) is 4.31. The molecule has 29 heavy (non-hydrogen) atoms. The van der Waals surface area contributed by atoms with E-state index >= 15 is 0 Å². The van der Waals surface area contributed by atoms with Crippen LogP contribution >= 0.6 is 0 Å². The molecule has 0 spiro atoms. The molecular formula is C21H22FN3O4. The Morgan fingerprint density at radius 1 is 1.34 bits per heavy atom. The van der Waals surface area contributed by atoms with Gasteiger partial charge in [0.1, 0.15) is 11.6 Å². The van der Waals surface area contributed by atoms with E-state index in [0.29, 0.717) is 24.6 Å². The van der Waals surface area contributed by atoms with Crippen molar-refractivity contribution in [3.8, 4) is 11.6 Å². The summed E-state index contributed by atoms with van der Waals surface area (Å²) in [4.78, 5) is 30.0. The highest BCUT2D eigenvalue weighted by molar-refractivity contribution is 5.80. The lowest BCUT2D eigenvalue weighted by Crippen LogP contribution is -2.41. The van der Waals surface area contributed by atoms with E-state index in [1.807, 2.05) is 0 Å². The lowest BCUT2D eigenvalue weighted by Gasteiger charge is -2.23. The molecule has 2 heterocycles. The third-order valence-electron chi connectivity index (χ3n) is 5.84. The Hall–Kier alpha value is -3.16. The number of rotatable bonds is 5. The largest absolute Gasteiger partial charge is 0.481 e. The predicted octanol–water partition coefficient (Wildman–Crippen LogP) is 3.41. The van der Waals surface area contributed by atoms with Gasteiger partial charge in [-0.05, 0) is 36.5 Å². The van der Waals surface area contributed by atoms with Gasteiger partial charge in [-0.1, -0.05) is 18.6 Å². The second kappa shape index (κ2) is 7.69. The standard InChI is InChI=1S/C21H22FN3O4/c22-16-4-1-5-17(9-16)29-18-7-6-14(10-23-18)11-24-20(28)25-12-15-3-2-8-21(15,13-25)19(26)27/h1,4-7,9-10,15H,2-3,8,11-13H2,(H,24,28)(H,26,27)/t15-,21+/m0/s1. The number of carboxylic acids is 1. The smallest absolute Gasteiger partial charge is 0.317 e. The Labute approximate surface area is 167 Å². The molecule has 1 aromatic heterocycles. The van der Waals surface area contributed by atoms with Crippen LogP contribution in [-0.2, 0) is 11.3 Å². The first-order valence-electron chi connectivity index (χ1n) is 9.61. The summed E-state index contributed by atoms with van der Waals surface area (Å²) in [6.45, 7) is 1.02. The number of carbonyl (C=O) groups excluding carboxylic acids is 1. The van der Waals surface area contributed by atoms with Crippen LogP contribution in [0.25, 0.3) is 0 Å². The SMILES string of the molecule is O=C(NCc1ccc(Oc2cccc(F)c2)nc1)N1C[C@@H]2CCC[C@@]2(C(=O)O)C1. The van der Waals surface area contributed by atoms with Crippen molar-refractivity contribution >= 4 is 12.0 Å². The maximum absolute atomic E-state index is 13.2. The van der Waals surface area contributed by atoms with Crippen molar-refractivity contribution < 1.29 is 23.8 Å². The molecule has 2 fully saturated rings. The number of amides is 2. The zero-order chi connectivity index (χ0) is 20.4. The molecule has 2 aromatic rings. The number of aliphatic carboxylic acids is 1. The Bertz CT molecular complexity index is 920. The molecule has 1 saturated carbocycles. The highest BCUT2D eigenvalue weighted by Gasteiger charge is 2.55. The van der Waals surface area contributed by atoms with Gasteiger partial charge in [0.05, 0.1) is 5.41 Å². The molecular weight excluding hydrogens is 377 g/mol. The molecule has 0 bridgehead atoms. The van der Waals surface area contributed by atoms with Gasteiger partial charge in [0.25, 0.3) is 0 Å². The van der Waals surface area contributed by atoms with Crippen molar-refractivity contribution in [1.82, 2.24) is 15.2 Å². The van der Waals surface area contributed by atoms with E-state index in [0.717, 1.165) is 18.4 Å². The number of hydrogen-bond donors (Lipinski definition) is 2. The Morgan fingerprint density at radius 2 is 2.21 bits per heavy atom. The summed E-state index contributed by atoms with van der Waals surface area (Å²) >= 11 is 0. The fourth-order valence-electron chi connectivity index (χ4n) is 4.31. The van der Waals surface area contributed by atoms with Crippen LogP contribution in [0.15, 0.2) is 42.6 Å². The number of carbonyl (C=O) groups is 2. The molecule has 2 atom stereocenters. The number of hydrogen-bond acceptors (Lipinski definition) is 4. The summed E-state index contributed by atoms with van der Waals surface area (Å²) in [5.41, 5.74) is -0.00768. The van der Waals surface area contributed by atoms with E-state index in [9.17, 15) is 19.1 Å². The van der Waals surface area contributed by atoms with Gasteiger partial charge in [0.15, 0.2) is 0 Å². The van der Waals surface area contributed by atoms with Crippen molar-refractivity contribution in [3.05, 3.63) is 54.0 Å². The molecule has 0 unspecified atom stereocenters. The number of pyridine rings is 1. The number of carboxylic acid groups (broad SMARTS) is 1. The molecule has 2 amide bonds. The minimum atomic E-state index is -0.798. The normalized spacial score (nSPS) is 22.9. The van der Waals surface area contributed by atoms with Crippen LogP contribution in [-0.4, -0.2) is 40.1 Å². The van der Waals surface area contributed by atoms with E-state index < -0.39 is 17.2 Å². The third kappa shape index (κ3) is 3.87. The molecule has 2 aliphatic rings. The molecule has 1 saturated heterocycles. The number of halogens is 1. The van der Waals surface area contributed by atoms with Gasteiger partial charge < -0.3 is 20.1 Å². The minimum Gasteiger partial charge on any atom is -0.481 e. The molecule has 8 heteroatoms. The molecule has 7 nitrogen and oxygen atoms in total. The van der Waals surface area contributed by atoms with Crippen molar-refractivity contribution in [1.29, 1.82) is 0 Å². The number of fused-ring (bicyclic) bond motifs is 1. The van der Waals surface area contributed by atoms with E-state index in [2.05, 4.69) is 10.3 Å². The van der Waals surface area contributed by atoms with Crippen LogP contribution in [0, 0.1) is 17.2 Å². The van der Waals surface area contributed by atoms with Crippen LogP contribution in [0.3, 0.4) is 0 Å². The van der Waals surface area contributed by atoms with Crippen LogP contribution in [0.2, 0.25) is 0 Å². The number of nitrogens with zero attached hydrogens (tertiary/aromatic N) is 2. The maximum atomic E-state index is 13.2. The minimum absolute atomic E-state index is 0.0340. The summed E-state index contributed by atoms with van der Waals surface area (Å²) in [6.07, 6.45) is 3.97. The van der Waals surface area contributed by atoms with Crippen molar-refractivity contribution in [2.45, 2.75) is 25.8 Å². The van der Waals surface area contributed by atoms with E-state index in [1.165, 1.54) is 12.1 Å². The average molecular weight is 399 g/mol. The number of likely N-dealkylation sites (tertiary alicyclic amines) is 1. The zero-order valence-corrected chi connectivity index (χ0v) is 15.8. The van der Waals surface area contributed by atoms with Crippen LogP contribution in [0.1, 0.15) is 24.8 Å². The number of nitrogens with one attached hydrogen (secondary N) is 1. The van der Waals surface area contributed by atoms with E-state index in [-0.39, 0.29) is 25.0 Å². The lowest BCUT2D eigenvalue weighted by molar-refractivity contribution is -0.149. The van der Waals surface area contributed by atoms with Gasteiger partial charge in [-0.2, -0.15) is 0 Å². The maximum Gasteiger partial charge on any atom is 0.317 e. The first-order valence-corrected chi connectivity index (χ1v) is 9.61. The topological polar surface area (TPSA) is 91.8 Å². The van der Waals surface area contributed by atoms with Crippen LogP contribution < -0.4 is 10.1 Å². The quantitative estimate of drug-likeness (QED) is 0.804. The molecule has 2 N–H and O–H groups in total. The first-order chi connectivity index (χ1) is 14.0. The first kappa shape index (κ1) is 19.2. The van der Waals surface area contributed by atoms with Gasteiger partial charge in [-0.25, -0.2) is 14.2 Å². The highest BCUT2D eigenvalue weighted by Crippen LogP contribution is 2.48. The summed E-state index contributed by atoms with van der Waals surface area (Å²) in [7, 11) is 0. The number of ether oxygens (including phenoxy) is 1. The predicted molar refractivity (Wildman–Crippen MR) is 102 cm³/mol. The van der Waals surface area contributed by atoms with Crippen LogP contribution in [0.4, 0.5) is 9.18 Å². The number of benzene rings is 1. The zero-order valence-electron chi connectivity index (χ0n) is 15.8. The molecule has 1 aliphatic carbocycles. The summed E-state index contributed by atoms with van der Waals surface area (Å²) < 4.78 is 18.7. The monoisotopic (exact) mass is 399 g/mol. The lowest BCUT2D eigenvalue weighted by atomic mass is 9.81. The molecule has 0 radical (unpaired) electrons. The van der Waals surface area contributed by atoms with Gasteiger partial charge in [0.2, 0.25) is 5.88 Å². The number of aromatic nitrogens is 1. The molecule has 1 aromatic carbocycles. The van der Waals surface area contributed by atoms with E-state index in [1.54, 1.807) is 35.4 Å². The van der Waals surface area contributed by atoms with Gasteiger partial charge in [-0.15, -0.1) is 0 Å². The Morgan fingerprint density at radius 3 is 2.90 bits per heavy atom. The van der Waals surface area contributed by atoms with Gasteiger partial charge in [-0.3, -0.25) is 4.79 Å². The Balaban J connectivity index is 1.31. The summed E-state index contributed by atoms with van der Waals surface area (Å²) in [5.74, 6) is -0.482. The molecule has 4 rings (SSSR count). The van der Waals surface area contributed by atoms with Gasteiger partial charge in [0, 0.05) is 38.0 Å². The highest BCUT2D eigenvalue weighted by atomic mass is 19.1. The van der Waals surface area contributed by atoms with Crippen molar-refractivity contribution in [2.75, 3.05) is 13.1 Å². The summed E-state index contributed by atoms with van der Waals surface area (Å²) in [5, 5.41) is 12.5. The van der Waals surface area contributed by atoms with Crippen molar-refractivity contribution in [2.24, 2.45) is 11.3 Å². The molecule has 152 valence electrons. The van der Waals surface area contributed by atoms with Crippen LogP contribution in [0.5, 0.6) is 11.6 Å². The number of urea groups is 1. The second-order valence-corrected chi connectivity index (χ2v) is 7.65. The molecule has 1 aliphatic heterocycles. The third-order valence-corrected chi connectivity index (χ3v) is 5.84.